The lowest BCUT2D eigenvalue weighted by molar-refractivity contribution is 0.0728. The van der Waals surface area contributed by atoms with Crippen molar-refractivity contribution in [3.8, 4) is 11.1 Å². The summed E-state index contributed by atoms with van der Waals surface area (Å²) in [5.74, 6) is 0.0576. The van der Waals surface area contributed by atoms with E-state index in [1.165, 1.54) is 22.3 Å². The molecule has 0 spiro atoms. The highest BCUT2D eigenvalue weighted by molar-refractivity contribution is 7.80. The first-order valence-corrected chi connectivity index (χ1v) is 12.0. The summed E-state index contributed by atoms with van der Waals surface area (Å²) in [7, 11) is -1.52. The van der Waals surface area contributed by atoms with Crippen LogP contribution >= 0.6 is 12.6 Å². The molecule has 0 aromatic heterocycles. The largest absolute Gasteiger partial charge is 0.488 e. The lowest BCUT2D eigenvalue weighted by Crippen LogP contribution is -2.48. The summed E-state index contributed by atoms with van der Waals surface area (Å²) in [6, 6.07) is 22.0. The van der Waals surface area contributed by atoms with E-state index in [2.05, 4.69) is 41.8 Å². The van der Waals surface area contributed by atoms with Crippen LogP contribution < -0.4 is 5.46 Å². The van der Waals surface area contributed by atoms with Crippen molar-refractivity contribution in [2.24, 2.45) is 0 Å². The Morgan fingerprint density at radius 2 is 1.56 bits per heavy atom. The number of carbonyl (C=O) groups excluding carboxylic acids is 1. The predicted octanol–water partition coefficient (Wildman–Crippen LogP) is 2.72. The van der Waals surface area contributed by atoms with Crippen molar-refractivity contribution in [2.75, 3.05) is 32.8 Å². The summed E-state index contributed by atoms with van der Waals surface area (Å²) < 4.78 is 5.79. The van der Waals surface area contributed by atoms with E-state index in [4.69, 9.17) is 4.74 Å². The minimum Gasteiger partial charge on any atom is -0.448 e. The molecule has 34 heavy (non-hydrogen) atoms. The molecule has 3 aromatic carbocycles. The fraction of sp³-hybridized carbons (Fsp3) is 0.269. The van der Waals surface area contributed by atoms with Crippen molar-refractivity contribution in [2.45, 2.75) is 17.4 Å². The number of amides is 1. The van der Waals surface area contributed by atoms with Crippen molar-refractivity contribution >= 4 is 31.3 Å². The number of benzene rings is 3. The van der Waals surface area contributed by atoms with E-state index in [-0.39, 0.29) is 12.0 Å². The first-order valence-electron chi connectivity index (χ1n) is 11.5. The molecule has 1 fully saturated rings. The minimum absolute atomic E-state index is 0.0576. The number of fused-ring (bicyclic) bond motifs is 3. The zero-order valence-electron chi connectivity index (χ0n) is 18.8. The number of carbonyl (C=O) groups is 1. The molecule has 0 unspecified atom stereocenters. The fourth-order valence-corrected chi connectivity index (χ4v) is 5.29. The van der Waals surface area contributed by atoms with Crippen LogP contribution in [-0.4, -0.2) is 65.8 Å². The van der Waals surface area contributed by atoms with Crippen LogP contribution in [0.15, 0.2) is 71.6 Å². The van der Waals surface area contributed by atoms with Crippen LogP contribution in [0.4, 0.5) is 4.79 Å². The molecule has 3 aromatic rings. The third-order valence-corrected chi connectivity index (χ3v) is 6.93. The number of piperazine rings is 1. The molecule has 2 N–H and O–H groups in total. The zero-order chi connectivity index (χ0) is 23.7. The number of nitrogens with zero attached hydrogens (tertiary/aromatic N) is 2. The molecular weight excluding hydrogens is 447 g/mol. The molecule has 1 aliphatic carbocycles. The van der Waals surface area contributed by atoms with Crippen LogP contribution in [0.5, 0.6) is 0 Å². The van der Waals surface area contributed by atoms with Crippen LogP contribution in [0, 0.1) is 0 Å². The third kappa shape index (κ3) is 4.72. The minimum atomic E-state index is -1.52. The first kappa shape index (κ1) is 23.0. The lowest BCUT2D eigenvalue weighted by atomic mass is 9.79. The van der Waals surface area contributed by atoms with Gasteiger partial charge in [0.25, 0.3) is 0 Å². The van der Waals surface area contributed by atoms with Crippen molar-refractivity contribution in [1.29, 1.82) is 0 Å². The fourth-order valence-electron chi connectivity index (χ4n) is 4.97. The van der Waals surface area contributed by atoms with Gasteiger partial charge in [0, 0.05) is 43.5 Å². The standard InChI is InChI=1S/C26H27BN2O4S/c30-26(33-17-25-23-7-3-1-5-21(23)22-6-2-4-8-24(22)25)29-11-9-28(10-12-29)16-18-13-19(27(31)32)15-20(34)14-18/h1-8,13-15,25,31-32,34H,9-12,16-17H2. The second-order valence-electron chi connectivity index (χ2n) is 8.87. The van der Waals surface area contributed by atoms with E-state index in [9.17, 15) is 14.8 Å². The molecule has 1 heterocycles. The van der Waals surface area contributed by atoms with Gasteiger partial charge in [-0.1, -0.05) is 54.6 Å². The molecule has 6 nitrogen and oxygen atoms in total. The first-order chi connectivity index (χ1) is 16.5. The molecule has 8 heteroatoms. The van der Waals surface area contributed by atoms with Crippen molar-refractivity contribution < 1.29 is 19.6 Å². The van der Waals surface area contributed by atoms with Crippen molar-refractivity contribution in [1.82, 2.24) is 9.80 Å². The van der Waals surface area contributed by atoms with Crippen LogP contribution in [-0.2, 0) is 11.3 Å². The maximum absolute atomic E-state index is 12.8. The molecule has 0 bridgehead atoms. The quantitative estimate of drug-likeness (QED) is 0.392. The topological polar surface area (TPSA) is 73.2 Å². The molecule has 1 aliphatic heterocycles. The van der Waals surface area contributed by atoms with Crippen LogP contribution in [0.3, 0.4) is 0 Å². The molecule has 174 valence electrons. The van der Waals surface area contributed by atoms with E-state index in [1.807, 2.05) is 30.3 Å². The van der Waals surface area contributed by atoms with Crippen molar-refractivity contribution in [3.05, 3.63) is 83.4 Å². The van der Waals surface area contributed by atoms with Gasteiger partial charge in [0.15, 0.2) is 0 Å². The third-order valence-electron chi connectivity index (χ3n) is 6.67. The highest BCUT2D eigenvalue weighted by Gasteiger charge is 2.30. The molecule has 1 saturated heterocycles. The molecule has 5 rings (SSSR count). The zero-order valence-corrected chi connectivity index (χ0v) is 19.7. The van der Waals surface area contributed by atoms with E-state index >= 15 is 0 Å². The maximum Gasteiger partial charge on any atom is 0.488 e. The number of thiol groups is 1. The average molecular weight is 474 g/mol. The van der Waals surface area contributed by atoms with Gasteiger partial charge in [0.05, 0.1) is 0 Å². The van der Waals surface area contributed by atoms with E-state index < -0.39 is 7.12 Å². The average Bonchev–Trinajstić information content (AvgIpc) is 3.16. The van der Waals surface area contributed by atoms with Gasteiger partial charge in [-0.15, -0.1) is 12.6 Å². The van der Waals surface area contributed by atoms with Gasteiger partial charge < -0.3 is 19.7 Å². The Hall–Kier alpha value is -2.78. The van der Waals surface area contributed by atoms with Crippen molar-refractivity contribution in [3.63, 3.8) is 0 Å². The van der Waals surface area contributed by atoms with E-state index in [0.29, 0.717) is 36.6 Å². The number of rotatable bonds is 5. The van der Waals surface area contributed by atoms with Gasteiger partial charge in [0.2, 0.25) is 0 Å². The predicted molar refractivity (Wildman–Crippen MR) is 135 cm³/mol. The van der Waals surface area contributed by atoms with E-state index in [1.54, 1.807) is 17.0 Å². The summed E-state index contributed by atoms with van der Waals surface area (Å²) in [5.41, 5.74) is 6.25. The highest BCUT2D eigenvalue weighted by atomic mass is 32.1. The summed E-state index contributed by atoms with van der Waals surface area (Å²) in [5, 5.41) is 18.9. The van der Waals surface area contributed by atoms with E-state index in [0.717, 1.165) is 18.7 Å². The molecule has 0 radical (unpaired) electrons. The second-order valence-corrected chi connectivity index (χ2v) is 9.39. The Morgan fingerprint density at radius 3 is 2.18 bits per heavy atom. The number of hydrogen-bond donors (Lipinski definition) is 3. The van der Waals surface area contributed by atoms with Crippen LogP contribution in [0.1, 0.15) is 22.6 Å². The van der Waals surface area contributed by atoms with Gasteiger partial charge in [-0.3, -0.25) is 4.90 Å². The number of ether oxygens (including phenoxy) is 1. The van der Waals surface area contributed by atoms with Gasteiger partial charge in [-0.05, 0) is 45.4 Å². The SMILES string of the molecule is O=C(OCC1c2ccccc2-c2ccccc21)N1CCN(Cc2cc(S)cc(B(O)O)c2)CC1. The Balaban J connectivity index is 1.17. The maximum atomic E-state index is 12.8. The van der Waals surface area contributed by atoms with Gasteiger partial charge in [-0.25, -0.2) is 4.79 Å². The summed E-state index contributed by atoms with van der Waals surface area (Å²) in [4.78, 5) is 17.5. The van der Waals surface area contributed by atoms with Crippen LogP contribution in [0.25, 0.3) is 11.1 Å². The van der Waals surface area contributed by atoms with Gasteiger partial charge in [0.1, 0.15) is 6.61 Å². The Morgan fingerprint density at radius 1 is 0.941 bits per heavy atom. The normalized spacial score (nSPS) is 15.7. The molecular formula is C26H27BN2O4S. The second kappa shape index (κ2) is 9.84. The molecule has 2 aliphatic rings. The molecule has 0 saturated carbocycles. The Labute approximate surface area is 205 Å². The Kier molecular flexibility index (Phi) is 6.65. The lowest BCUT2D eigenvalue weighted by Gasteiger charge is -2.34. The van der Waals surface area contributed by atoms with Crippen LogP contribution in [0.2, 0.25) is 0 Å². The summed E-state index contributed by atoms with van der Waals surface area (Å²) in [6.45, 7) is 3.61. The smallest absolute Gasteiger partial charge is 0.448 e. The summed E-state index contributed by atoms with van der Waals surface area (Å²) >= 11 is 4.36. The monoisotopic (exact) mass is 474 g/mol. The Bertz CT molecular complexity index is 1150. The number of hydrogen-bond acceptors (Lipinski definition) is 6. The molecule has 0 atom stereocenters. The van der Waals surface area contributed by atoms with Gasteiger partial charge >= 0.3 is 13.2 Å². The van der Waals surface area contributed by atoms with Gasteiger partial charge in [-0.2, -0.15) is 0 Å². The highest BCUT2D eigenvalue weighted by Crippen LogP contribution is 2.44. The summed E-state index contributed by atoms with van der Waals surface area (Å²) in [6.07, 6.45) is -0.274. The molecule has 1 amide bonds.